The lowest BCUT2D eigenvalue weighted by atomic mass is 10.3. The molecule has 0 saturated carbocycles. The van der Waals surface area contributed by atoms with Gasteiger partial charge < -0.3 is 0 Å². The van der Waals surface area contributed by atoms with Gasteiger partial charge in [-0.05, 0) is 11.7 Å². The third-order valence-electron chi connectivity index (χ3n) is 0.809. The zero-order valence-corrected chi connectivity index (χ0v) is 6.87. The summed E-state index contributed by atoms with van der Waals surface area (Å²) >= 11 is 1.86. The van der Waals surface area contributed by atoms with Crippen molar-refractivity contribution < 1.29 is 0 Å². The first-order valence-corrected chi connectivity index (χ1v) is 4.37. The van der Waals surface area contributed by atoms with E-state index in [4.69, 9.17) is 5.26 Å². The van der Waals surface area contributed by atoms with Crippen LogP contribution >= 0.6 is 11.8 Å². The predicted octanol–water partition coefficient (Wildman–Crippen LogP) is 2.29. The highest BCUT2D eigenvalue weighted by molar-refractivity contribution is 7.99. The third-order valence-corrected chi connectivity index (χ3v) is 2.20. The van der Waals surface area contributed by atoms with Crippen molar-refractivity contribution in [1.82, 2.24) is 0 Å². The van der Waals surface area contributed by atoms with Gasteiger partial charge in [0.1, 0.15) is 0 Å². The third kappa shape index (κ3) is 7.84. The van der Waals surface area contributed by atoms with Gasteiger partial charge in [-0.1, -0.05) is 13.8 Å². The molecule has 0 radical (unpaired) electrons. The summed E-state index contributed by atoms with van der Waals surface area (Å²) in [4.78, 5) is 0. The van der Waals surface area contributed by atoms with E-state index >= 15 is 0 Å². The number of hydrogen-bond donors (Lipinski definition) is 0. The first kappa shape index (κ1) is 8.84. The SMILES string of the molecule is CC(C)CSCCC#N. The van der Waals surface area contributed by atoms with E-state index in [1.807, 2.05) is 11.8 Å². The zero-order chi connectivity index (χ0) is 7.11. The summed E-state index contributed by atoms with van der Waals surface area (Å²) in [6.45, 7) is 4.39. The molecule has 9 heavy (non-hydrogen) atoms. The van der Waals surface area contributed by atoms with Crippen LogP contribution in [0.2, 0.25) is 0 Å². The molecule has 0 aromatic carbocycles. The van der Waals surface area contributed by atoms with Crippen molar-refractivity contribution in [3.63, 3.8) is 0 Å². The molecule has 1 nitrogen and oxygen atoms in total. The van der Waals surface area contributed by atoms with Gasteiger partial charge in [0.05, 0.1) is 6.07 Å². The van der Waals surface area contributed by atoms with Gasteiger partial charge in [-0.3, -0.25) is 0 Å². The van der Waals surface area contributed by atoms with Crippen LogP contribution in [0, 0.1) is 17.2 Å². The molecule has 2 heteroatoms. The molecule has 0 atom stereocenters. The van der Waals surface area contributed by atoms with Crippen LogP contribution in [0.4, 0.5) is 0 Å². The van der Waals surface area contributed by atoms with E-state index in [0.29, 0.717) is 6.42 Å². The lowest BCUT2D eigenvalue weighted by molar-refractivity contribution is 0.750. The molecule has 0 aromatic rings. The normalized spacial score (nSPS) is 9.56. The number of nitrogens with zero attached hydrogens (tertiary/aromatic N) is 1. The molecule has 0 fully saturated rings. The average molecular weight is 143 g/mol. The molecule has 0 aromatic heterocycles. The lowest BCUT2D eigenvalue weighted by Gasteiger charge is -2.00. The molecule has 0 saturated heterocycles. The fraction of sp³-hybridized carbons (Fsp3) is 0.857. The number of rotatable bonds is 4. The molecule has 0 amide bonds. The maximum Gasteiger partial charge on any atom is 0.0630 e. The minimum absolute atomic E-state index is 0.692. The second-order valence-corrected chi connectivity index (χ2v) is 3.53. The van der Waals surface area contributed by atoms with Gasteiger partial charge in [0, 0.05) is 12.2 Å². The Morgan fingerprint density at radius 3 is 2.67 bits per heavy atom. The van der Waals surface area contributed by atoms with Crippen molar-refractivity contribution in [2.45, 2.75) is 20.3 Å². The quantitative estimate of drug-likeness (QED) is 0.564. The molecule has 0 N–H and O–H groups in total. The number of hydrogen-bond acceptors (Lipinski definition) is 2. The Balaban J connectivity index is 2.85. The summed E-state index contributed by atoms with van der Waals surface area (Å²) in [5, 5.41) is 8.17. The fourth-order valence-electron chi connectivity index (χ4n) is 0.437. The molecule has 0 unspecified atom stereocenters. The average Bonchev–Trinajstić information content (AvgIpc) is 1.80. The van der Waals surface area contributed by atoms with Crippen LogP contribution in [0.5, 0.6) is 0 Å². The van der Waals surface area contributed by atoms with Gasteiger partial charge in [0.15, 0.2) is 0 Å². The standard InChI is InChI=1S/C7H13NS/c1-7(2)6-9-5-3-4-8/h7H,3,5-6H2,1-2H3. The first-order valence-electron chi connectivity index (χ1n) is 3.22. The summed E-state index contributed by atoms with van der Waals surface area (Å²) in [6, 6.07) is 2.12. The van der Waals surface area contributed by atoms with E-state index in [0.717, 1.165) is 11.7 Å². The molecule has 52 valence electrons. The zero-order valence-electron chi connectivity index (χ0n) is 6.05. The smallest absolute Gasteiger partial charge is 0.0630 e. The molecule has 0 rings (SSSR count). The molecule has 0 heterocycles. The fourth-order valence-corrected chi connectivity index (χ4v) is 1.31. The molecular weight excluding hydrogens is 130 g/mol. The molecule has 0 aliphatic carbocycles. The molecular formula is C7H13NS. The Bertz CT molecular complexity index is 93.6. The van der Waals surface area contributed by atoms with Crippen LogP contribution in [0.25, 0.3) is 0 Å². The van der Waals surface area contributed by atoms with Crippen molar-refractivity contribution in [1.29, 1.82) is 5.26 Å². The Hall–Kier alpha value is -0.160. The monoisotopic (exact) mass is 143 g/mol. The second-order valence-electron chi connectivity index (χ2n) is 2.38. The largest absolute Gasteiger partial charge is 0.198 e. The summed E-state index contributed by atoms with van der Waals surface area (Å²) in [7, 11) is 0. The number of nitriles is 1. The van der Waals surface area contributed by atoms with E-state index in [1.165, 1.54) is 5.75 Å². The van der Waals surface area contributed by atoms with E-state index in [2.05, 4.69) is 19.9 Å². The Kier molecular flexibility index (Phi) is 5.86. The van der Waals surface area contributed by atoms with Gasteiger partial charge in [-0.25, -0.2) is 0 Å². The van der Waals surface area contributed by atoms with Crippen molar-refractivity contribution in [3.8, 4) is 6.07 Å². The minimum Gasteiger partial charge on any atom is -0.198 e. The van der Waals surface area contributed by atoms with Crippen molar-refractivity contribution in [2.24, 2.45) is 5.92 Å². The van der Waals surface area contributed by atoms with E-state index in [9.17, 15) is 0 Å². The Morgan fingerprint density at radius 2 is 2.22 bits per heavy atom. The van der Waals surface area contributed by atoms with E-state index in [1.54, 1.807) is 0 Å². The highest BCUT2D eigenvalue weighted by Crippen LogP contribution is 2.07. The van der Waals surface area contributed by atoms with Gasteiger partial charge >= 0.3 is 0 Å². The molecule has 0 spiro atoms. The van der Waals surface area contributed by atoms with Gasteiger partial charge in [0.2, 0.25) is 0 Å². The highest BCUT2D eigenvalue weighted by Gasteiger charge is 1.92. The van der Waals surface area contributed by atoms with Crippen LogP contribution in [0.1, 0.15) is 20.3 Å². The molecule has 0 bridgehead atoms. The van der Waals surface area contributed by atoms with Gasteiger partial charge in [-0.2, -0.15) is 17.0 Å². The lowest BCUT2D eigenvalue weighted by Crippen LogP contribution is -1.91. The predicted molar refractivity (Wildman–Crippen MR) is 42.4 cm³/mol. The minimum atomic E-state index is 0.692. The summed E-state index contributed by atoms with van der Waals surface area (Å²) in [5.41, 5.74) is 0. The summed E-state index contributed by atoms with van der Waals surface area (Å²) < 4.78 is 0. The van der Waals surface area contributed by atoms with Crippen molar-refractivity contribution in [2.75, 3.05) is 11.5 Å². The van der Waals surface area contributed by atoms with Crippen LogP contribution in [-0.2, 0) is 0 Å². The van der Waals surface area contributed by atoms with Gasteiger partial charge in [-0.15, -0.1) is 0 Å². The maximum absolute atomic E-state index is 8.17. The summed E-state index contributed by atoms with van der Waals surface area (Å²) in [6.07, 6.45) is 0.692. The van der Waals surface area contributed by atoms with Crippen molar-refractivity contribution in [3.05, 3.63) is 0 Å². The van der Waals surface area contributed by atoms with E-state index < -0.39 is 0 Å². The van der Waals surface area contributed by atoms with Gasteiger partial charge in [0.25, 0.3) is 0 Å². The Morgan fingerprint density at radius 1 is 1.56 bits per heavy atom. The highest BCUT2D eigenvalue weighted by atomic mass is 32.2. The van der Waals surface area contributed by atoms with Crippen LogP contribution in [-0.4, -0.2) is 11.5 Å². The maximum atomic E-state index is 8.17. The van der Waals surface area contributed by atoms with Crippen LogP contribution in [0.3, 0.4) is 0 Å². The number of thioether (sulfide) groups is 1. The second kappa shape index (κ2) is 5.97. The summed E-state index contributed by atoms with van der Waals surface area (Å²) in [5.74, 6) is 2.93. The van der Waals surface area contributed by atoms with Crippen LogP contribution in [0.15, 0.2) is 0 Å². The molecule has 0 aliphatic rings. The first-order chi connectivity index (χ1) is 4.27. The Labute approximate surface area is 61.4 Å². The van der Waals surface area contributed by atoms with Crippen LogP contribution < -0.4 is 0 Å². The topological polar surface area (TPSA) is 23.8 Å². The van der Waals surface area contributed by atoms with E-state index in [-0.39, 0.29) is 0 Å². The van der Waals surface area contributed by atoms with Crippen molar-refractivity contribution >= 4 is 11.8 Å². The molecule has 0 aliphatic heterocycles.